The minimum absolute atomic E-state index is 0.0249. The number of benzene rings is 2. The minimum atomic E-state index is -3.19. The van der Waals surface area contributed by atoms with Crippen molar-refractivity contribution in [1.29, 1.82) is 5.26 Å². The topological polar surface area (TPSA) is 336 Å². The smallest absolute Gasteiger partial charge is 0.317 e. The maximum atomic E-state index is 14.2. The van der Waals surface area contributed by atoms with Crippen LogP contribution >= 0.6 is 11.8 Å². The van der Waals surface area contributed by atoms with E-state index < -0.39 is 84.2 Å². The van der Waals surface area contributed by atoms with Gasteiger partial charge >= 0.3 is 17.9 Å². The fourth-order valence-electron chi connectivity index (χ4n) is 12.5. The van der Waals surface area contributed by atoms with Crippen LogP contribution in [0.3, 0.4) is 0 Å². The molecule has 0 aliphatic carbocycles. The number of unbranched alkanes of at least 4 members (excludes halogenated alkanes) is 2. The Hall–Kier alpha value is -7.91. The van der Waals surface area contributed by atoms with Gasteiger partial charge in [-0.05, 0) is 94.0 Å². The van der Waals surface area contributed by atoms with Crippen LogP contribution in [-0.2, 0) is 49.6 Å². The Balaban J connectivity index is 0.879. The summed E-state index contributed by atoms with van der Waals surface area (Å²) in [7, 11) is 0. The number of carbonyl (C=O) groups is 10. The number of halogens is 2. The van der Waals surface area contributed by atoms with Gasteiger partial charge in [0.2, 0.25) is 35.4 Å². The highest BCUT2D eigenvalue weighted by molar-refractivity contribution is 8.01. The number of carbonyl (C=O) groups excluding carboxylic acids is 7. The van der Waals surface area contributed by atoms with Crippen molar-refractivity contribution >= 4 is 81.9 Å². The average molecular weight is 1360 g/mol. The number of alkyl halides is 2. The van der Waals surface area contributed by atoms with Gasteiger partial charge in [-0.2, -0.15) is 5.26 Å². The molecule has 5 heterocycles. The Morgan fingerprint density at radius 3 is 2.00 bits per heavy atom. The van der Waals surface area contributed by atoms with Gasteiger partial charge in [0.05, 0.1) is 74.2 Å². The third kappa shape index (κ3) is 24.6. The number of rotatable bonds is 33. The second-order valence-electron chi connectivity index (χ2n) is 25.5. The Labute approximate surface area is 562 Å². The van der Waals surface area contributed by atoms with Crippen molar-refractivity contribution in [2.24, 2.45) is 11.8 Å². The van der Waals surface area contributed by atoms with Gasteiger partial charge in [0, 0.05) is 121 Å². The zero-order valence-corrected chi connectivity index (χ0v) is 55.8. The second kappa shape index (κ2) is 37.6. The molecule has 4 atom stereocenters. The number of nitriles is 1. The summed E-state index contributed by atoms with van der Waals surface area (Å²) in [6.07, 6.45) is 8.20. The molecule has 4 saturated heterocycles. The molecule has 0 saturated carbocycles. The number of aliphatic carboxylic acids is 3. The van der Waals surface area contributed by atoms with Gasteiger partial charge in [0.15, 0.2) is 0 Å². The Morgan fingerprint density at radius 2 is 1.39 bits per heavy atom. The van der Waals surface area contributed by atoms with Crippen molar-refractivity contribution in [2.45, 2.75) is 120 Å². The van der Waals surface area contributed by atoms with Crippen LogP contribution in [0.15, 0.2) is 54.7 Å². The predicted octanol–water partition coefficient (Wildman–Crippen LogP) is 3.59. The maximum Gasteiger partial charge on any atom is 0.317 e. The van der Waals surface area contributed by atoms with E-state index in [9.17, 15) is 77.3 Å². The number of ether oxygens (including phenoxy) is 1. The van der Waals surface area contributed by atoms with Crippen molar-refractivity contribution in [3.05, 3.63) is 71.4 Å². The molecule has 1 aromatic heterocycles. The van der Waals surface area contributed by atoms with E-state index in [1.54, 1.807) is 50.8 Å². The van der Waals surface area contributed by atoms with Crippen LogP contribution < -0.4 is 20.7 Å². The number of likely N-dealkylation sites (tertiary alicyclic amines) is 3. The van der Waals surface area contributed by atoms with Gasteiger partial charge < -0.3 is 45.8 Å². The van der Waals surface area contributed by atoms with E-state index in [2.05, 4.69) is 45.2 Å². The Morgan fingerprint density at radius 1 is 0.760 bits per heavy atom. The van der Waals surface area contributed by atoms with Crippen molar-refractivity contribution < 1.29 is 76.8 Å². The lowest BCUT2D eigenvalue weighted by atomic mass is 9.91. The molecule has 1 unspecified atom stereocenters. The number of aryl methyl sites for hydroxylation is 2. The number of hydrogen-bond donors (Lipinski definition) is 6. The van der Waals surface area contributed by atoms with E-state index in [-0.39, 0.29) is 127 Å². The third-order valence-corrected chi connectivity index (χ3v) is 19.4. The fraction of sp³-hybridized carbons (Fsp3) is 0.612. The molecule has 4 fully saturated rings. The molecular weight excluding hydrogens is 1270 g/mol. The first kappa shape index (κ1) is 75.5. The molecule has 4 aliphatic heterocycles. The number of nitrogens with one attached hydrogen (secondary N) is 3. The number of amides is 7. The molecule has 0 spiro atoms. The monoisotopic (exact) mass is 1360 g/mol. The highest BCUT2D eigenvalue weighted by Gasteiger charge is 2.47. The van der Waals surface area contributed by atoms with E-state index in [4.69, 9.17) is 4.74 Å². The van der Waals surface area contributed by atoms with Gasteiger partial charge in [-0.3, -0.25) is 77.4 Å². The summed E-state index contributed by atoms with van der Waals surface area (Å²) in [6, 6.07) is 15.3. The van der Waals surface area contributed by atoms with Crippen molar-refractivity contribution in [2.75, 3.05) is 131 Å². The number of thioether (sulfide) groups is 1. The van der Waals surface area contributed by atoms with E-state index in [0.29, 0.717) is 80.9 Å². The van der Waals surface area contributed by atoms with Crippen LogP contribution in [0.4, 0.5) is 8.78 Å². The summed E-state index contributed by atoms with van der Waals surface area (Å²) in [5.41, 5.74) is 3.04. The lowest BCUT2D eigenvalue weighted by Crippen LogP contribution is -2.50. The van der Waals surface area contributed by atoms with Crippen molar-refractivity contribution in [3.63, 3.8) is 0 Å². The molecule has 6 N–H and O–H groups in total. The summed E-state index contributed by atoms with van der Waals surface area (Å²) >= 11 is 1.31. The van der Waals surface area contributed by atoms with Crippen LogP contribution in [0, 0.1) is 30.1 Å². The van der Waals surface area contributed by atoms with Crippen molar-refractivity contribution in [1.82, 2.24) is 55.2 Å². The molecule has 2 aromatic carbocycles. The average Bonchev–Trinajstić information content (AvgIpc) is 1.22. The first-order chi connectivity index (χ1) is 45.9. The Bertz CT molecular complexity index is 3190. The molecule has 96 heavy (non-hydrogen) atoms. The van der Waals surface area contributed by atoms with Gasteiger partial charge in [-0.15, -0.1) is 11.8 Å². The number of hydrogen-bond acceptors (Lipinski definition) is 18. The van der Waals surface area contributed by atoms with Crippen LogP contribution in [-0.4, -0.2) is 267 Å². The molecule has 524 valence electrons. The van der Waals surface area contributed by atoms with E-state index in [0.717, 1.165) is 43.4 Å². The van der Waals surface area contributed by atoms with Gasteiger partial charge in [-0.1, -0.05) is 49.6 Å². The molecule has 7 amide bonds. The summed E-state index contributed by atoms with van der Waals surface area (Å²) in [4.78, 5) is 145. The maximum absolute atomic E-state index is 14.2. The molecular formula is C67H92F2N12O14S. The molecule has 0 bridgehead atoms. The van der Waals surface area contributed by atoms with Crippen LogP contribution in [0.2, 0.25) is 0 Å². The standard InChI is InChI=1S/C67H92F2N12O14S/c1-46-12-14-48(15-13-46)8-6-11-57(82)72-21-5-3-4-10-52(38-73-58(83)41-75-25-27-76(42-61(86)87)29-31-78(44-63(90)91)32-30-77(28-26-75)43-62(88)89)96-56-35-59(84)80(66(56)94)40-47(2)65(93)79-23-19-49(20-24-79)9-7-33-95-51-16-17-55-54(34-51)53(18-22-71-55)64(92)74-39-60(85)81-45-67(68,69)36-50(81)37-70/h12-18,22,34,47,49-50,52,56H,3-11,19-21,23-33,35-36,38-45H2,1-2H3,(H,72,82)(H,73,83)(H,74,92)(H,86,87)(H,88,89)(H,90,91)/t47-,50-,52-,56?/m1/s1. The second-order valence-corrected chi connectivity index (χ2v) is 27.0. The fourth-order valence-corrected chi connectivity index (χ4v) is 13.9. The Kier molecular flexibility index (Phi) is 29.5. The molecule has 26 nitrogen and oxygen atoms in total. The van der Waals surface area contributed by atoms with E-state index in [1.165, 1.54) is 40.1 Å². The normalized spacial score (nSPS) is 19.4. The van der Waals surface area contributed by atoms with E-state index in [1.807, 2.05) is 11.8 Å². The highest BCUT2D eigenvalue weighted by Crippen LogP contribution is 2.34. The van der Waals surface area contributed by atoms with Gasteiger partial charge in [0.25, 0.3) is 11.8 Å². The summed E-state index contributed by atoms with van der Waals surface area (Å²) in [5.74, 6) is -9.04. The van der Waals surface area contributed by atoms with Crippen LogP contribution in [0.5, 0.6) is 5.75 Å². The number of nitrogens with zero attached hydrogens (tertiary/aromatic N) is 9. The summed E-state index contributed by atoms with van der Waals surface area (Å²) in [5, 5.41) is 46.1. The lowest BCUT2D eigenvalue weighted by Gasteiger charge is -2.34. The van der Waals surface area contributed by atoms with Crippen LogP contribution in [0.25, 0.3) is 10.9 Å². The largest absolute Gasteiger partial charge is 0.494 e. The minimum Gasteiger partial charge on any atom is -0.494 e. The SMILES string of the molecule is Cc1ccc(CCCC(=O)NCCCCC[C@H](CNC(=O)CN2CCN(CC(=O)O)CCN(CC(=O)O)CCN(CC(=O)O)CC2)SC2CC(=O)N(C[C@@H](C)C(=O)N3CCC(CCCOc4ccc5nccc(C(=O)NCC(=O)N6CC(F)(F)C[C@@H]6C#N)c5c4)CC3)C2=O)cc1. The zero-order chi connectivity index (χ0) is 69.3. The summed E-state index contributed by atoms with van der Waals surface area (Å²) < 4.78 is 34.0. The van der Waals surface area contributed by atoms with Crippen LogP contribution in [0.1, 0.15) is 105 Å². The number of aromatic nitrogens is 1. The first-order valence-electron chi connectivity index (χ1n) is 33.2. The summed E-state index contributed by atoms with van der Waals surface area (Å²) in [6.45, 7) is 4.97. The number of fused-ring (bicyclic) bond motifs is 1. The predicted molar refractivity (Wildman–Crippen MR) is 352 cm³/mol. The van der Waals surface area contributed by atoms with Gasteiger partial charge in [-0.25, -0.2) is 8.78 Å². The number of imide groups is 1. The first-order valence-corrected chi connectivity index (χ1v) is 34.2. The molecule has 4 aliphatic rings. The van der Waals surface area contributed by atoms with Crippen molar-refractivity contribution in [3.8, 4) is 11.8 Å². The molecule has 0 radical (unpaired) electrons. The molecule has 7 rings (SSSR count). The highest BCUT2D eigenvalue weighted by atomic mass is 32.2. The molecule has 29 heteroatoms. The molecule has 3 aromatic rings. The zero-order valence-electron chi connectivity index (χ0n) is 54.9. The van der Waals surface area contributed by atoms with Gasteiger partial charge in [0.1, 0.15) is 11.8 Å². The number of carboxylic acids is 3. The third-order valence-electron chi connectivity index (χ3n) is 17.9. The number of carboxylic acid groups (broad SMARTS) is 3. The number of piperidine rings is 1. The number of pyridine rings is 1. The lowest BCUT2D eigenvalue weighted by molar-refractivity contribution is -0.143. The van der Waals surface area contributed by atoms with E-state index >= 15 is 0 Å². The quantitative estimate of drug-likeness (QED) is 0.0375.